The van der Waals surface area contributed by atoms with Crippen LogP contribution in [0.3, 0.4) is 0 Å². The fourth-order valence-corrected chi connectivity index (χ4v) is 3.65. The third-order valence-electron chi connectivity index (χ3n) is 5.23. The van der Waals surface area contributed by atoms with Crippen molar-refractivity contribution < 1.29 is 14.6 Å². The van der Waals surface area contributed by atoms with Gasteiger partial charge >= 0.3 is 0 Å². The zero-order chi connectivity index (χ0) is 20.9. The number of ether oxygens (including phenoxy) is 1. The van der Waals surface area contributed by atoms with Crippen molar-refractivity contribution in [3.63, 3.8) is 0 Å². The molecule has 4 aromatic rings. The smallest absolute Gasteiger partial charge is 0.268 e. The lowest BCUT2D eigenvalue weighted by Crippen LogP contribution is -2.29. The van der Waals surface area contributed by atoms with Gasteiger partial charge in [0.05, 0.1) is 13.2 Å². The van der Waals surface area contributed by atoms with Crippen LogP contribution in [0.5, 0.6) is 5.75 Å². The van der Waals surface area contributed by atoms with E-state index in [0.717, 1.165) is 27.6 Å². The Bertz CT molecular complexity index is 1130. The number of rotatable bonds is 7. The van der Waals surface area contributed by atoms with Crippen molar-refractivity contribution in [2.45, 2.75) is 12.5 Å². The van der Waals surface area contributed by atoms with Crippen LogP contribution in [0.25, 0.3) is 22.0 Å². The molecule has 0 radical (unpaired) electrons. The molecule has 3 aromatic carbocycles. The number of aliphatic hydroxyl groups is 1. The fourth-order valence-electron chi connectivity index (χ4n) is 3.65. The largest absolute Gasteiger partial charge is 0.496 e. The summed E-state index contributed by atoms with van der Waals surface area (Å²) in [6, 6.07) is 25.3. The van der Waals surface area contributed by atoms with Gasteiger partial charge in [-0.05, 0) is 41.3 Å². The van der Waals surface area contributed by atoms with Crippen molar-refractivity contribution >= 4 is 16.8 Å². The van der Waals surface area contributed by atoms with E-state index < -0.39 is 0 Å². The zero-order valence-corrected chi connectivity index (χ0v) is 16.8. The summed E-state index contributed by atoms with van der Waals surface area (Å²) < 4.78 is 5.37. The van der Waals surface area contributed by atoms with Gasteiger partial charge in [-0.15, -0.1) is 0 Å². The molecule has 5 nitrogen and oxygen atoms in total. The first-order chi connectivity index (χ1) is 14.7. The maximum Gasteiger partial charge on any atom is 0.268 e. The summed E-state index contributed by atoms with van der Waals surface area (Å²) in [5.41, 5.74) is 4.49. The molecule has 0 fully saturated rings. The lowest BCUT2D eigenvalue weighted by molar-refractivity contribution is 0.0925. The van der Waals surface area contributed by atoms with Crippen LogP contribution in [0, 0.1) is 0 Å². The summed E-state index contributed by atoms with van der Waals surface area (Å²) in [7, 11) is 1.61. The van der Waals surface area contributed by atoms with Gasteiger partial charge in [0.2, 0.25) is 0 Å². The van der Waals surface area contributed by atoms with Crippen molar-refractivity contribution in [1.29, 1.82) is 0 Å². The number of H-pyrrole nitrogens is 1. The monoisotopic (exact) mass is 400 g/mol. The molecule has 4 rings (SSSR count). The Morgan fingerprint density at radius 1 is 1.00 bits per heavy atom. The van der Waals surface area contributed by atoms with Crippen molar-refractivity contribution in [3.05, 3.63) is 90.1 Å². The molecule has 0 aliphatic heterocycles. The standard InChI is InChI=1S/C25H24N2O3/c1-30-24-9-5-8-22-20(24)16-23(26-22)25(29)27-21(14-15-28)19-12-10-18(11-13-19)17-6-3-2-4-7-17/h2-13,16,21,26,28H,14-15H2,1H3,(H,27,29)/t21-/m0/s1. The molecule has 0 saturated heterocycles. The predicted octanol–water partition coefficient (Wildman–Crippen LogP) is 4.70. The highest BCUT2D eigenvalue weighted by Gasteiger charge is 2.18. The summed E-state index contributed by atoms with van der Waals surface area (Å²) in [5, 5.41) is 13.4. The second-order valence-corrected chi connectivity index (χ2v) is 7.13. The summed E-state index contributed by atoms with van der Waals surface area (Å²) in [5.74, 6) is 0.491. The number of carbonyl (C=O) groups is 1. The van der Waals surface area contributed by atoms with Crippen LogP contribution >= 0.6 is 0 Å². The molecule has 30 heavy (non-hydrogen) atoms. The molecule has 5 heteroatoms. The van der Waals surface area contributed by atoms with E-state index in [1.807, 2.05) is 60.7 Å². The zero-order valence-electron chi connectivity index (χ0n) is 16.8. The molecule has 0 aliphatic rings. The maximum absolute atomic E-state index is 12.9. The number of aliphatic hydroxyl groups excluding tert-OH is 1. The Hall–Kier alpha value is -3.57. The average Bonchev–Trinajstić information content (AvgIpc) is 3.24. The molecule has 1 amide bonds. The van der Waals surface area contributed by atoms with Gasteiger partial charge in [-0.1, -0.05) is 60.7 Å². The molecule has 0 saturated carbocycles. The van der Waals surface area contributed by atoms with E-state index in [4.69, 9.17) is 4.74 Å². The van der Waals surface area contributed by atoms with E-state index >= 15 is 0 Å². The number of fused-ring (bicyclic) bond motifs is 1. The normalized spacial score (nSPS) is 11.9. The lowest BCUT2D eigenvalue weighted by atomic mass is 9.99. The lowest BCUT2D eigenvalue weighted by Gasteiger charge is -2.18. The van der Waals surface area contributed by atoms with Crippen LogP contribution in [-0.4, -0.2) is 29.7 Å². The van der Waals surface area contributed by atoms with Gasteiger partial charge in [0.15, 0.2) is 0 Å². The Kier molecular flexibility index (Phi) is 5.82. The van der Waals surface area contributed by atoms with E-state index in [1.54, 1.807) is 13.2 Å². The molecule has 1 heterocycles. The van der Waals surface area contributed by atoms with Gasteiger partial charge in [-0.25, -0.2) is 0 Å². The van der Waals surface area contributed by atoms with Crippen LogP contribution in [0.2, 0.25) is 0 Å². The Labute approximate surface area is 175 Å². The first kappa shape index (κ1) is 19.7. The first-order valence-electron chi connectivity index (χ1n) is 9.92. The second-order valence-electron chi connectivity index (χ2n) is 7.13. The summed E-state index contributed by atoms with van der Waals surface area (Å²) in [6.45, 7) is -0.0219. The van der Waals surface area contributed by atoms with Crippen LogP contribution in [-0.2, 0) is 0 Å². The Morgan fingerprint density at radius 2 is 1.73 bits per heavy atom. The highest BCUT2D eigenvalue weighted by Crippen LogP contribution is 2.27. The molecule has 1 atom stereocenters. The minimum absolute atomic E-state index is 0.0219. The molecule has 0 aliphatic carbocycles. The molecule has 0 unspecified atom stereocenters. The molecule has 1 aromatic heterocycles. The number of benzene rings is 3. The molecule has 3 N–H and O–H groups in total. The van der Waals surface area contributed by atoms with Gasteiger partial charge in [0.25, 0.3) is 5.91 Å². The number of hydrogen-bond acceptors (Lipinski definition) is 3. The van der Waals surface area contributed by atoms with E-state index in [0.29, 0.717) is 17.9 Å². The van der Waals surface area contributed by atoms with Crippen molar-refractivity contribution in [3.8, 4) is 16.9 Å². The third-order valence-corrected chi connectivity index (χ3v) is 5.23. The van der Waals surface area contributed by atoms with Gasteiger partial charge in [0.1, 0.15) is 11.4 Å². The van der Waals surface area contributed by atoms with Crippen molar-refractivity contribution in [2.24, 2.45) is 0 Å². The number of hydrogen-bond donors (Lipinski definition) is 3. The van der Waals surface area contributed by atoms with Gasteiger partial charge in [0, 0.05) is 17.5 Å². The predicted molar refractivity (Wildman–Crippen MR) is 119 cm³/mol. The summed E-state index contributed by atoms with van der Waals surface area (Å²) in [4.78, 5) is 16.0. The highest BCUT2D eigenvalue weighted by molar-refractivity contribution is 5.99. The van der Waals surface area contributed by atoms with Crippen LogP contribution in [0.15, 0.2) is 78.9 Å². The van der Waals surface area contributed by atoms with Gasteiger partial charge < -0.3 is 20.1 Å². The quantitative estimate of drug-likeness (QED) is 0.421. The summed E-state index contributed by atoms with van der Waals surface area (Å²) >= 11 is 0. The fraction of sp³-hybridized carbons (Fsp3) is 0.160. The SMILES string of the molecule is COc1cccc2[nH]c(C(=O)N[C@@H](CCO)c3ccc(-c4ccccc4)cc3)cc12. The highest BCUT2D eigenvalue weighted by atomic mass is 16.5. The minimum atomic E-state index is -0.291. The maximum atomic E-state index is 12.9. The molecular formula is C25H24N2O3. The Morgan fingerprint density at radius 3 is 2.43 bits per heavy atom. The number of carbonyl (C=O) groups excluding carboxylic acids is 1. The number of aromatic nitrogens is 1. The molecular weight excluding hydrogens is 376 g/mol. The van der Waals surface area contributed by atoms with E-state index in [9.17, 15) is 9.90 Å². The van der Waals surface area contributed by atoms with Gasteiger partial charge in [-0.3, -0.25) is 4.79 Å². The number of amides is 1. The number of methoxy groups -OCH3 is 1. The van der Waals surface area contributed by atoms with Gasteiger partial charge in [-0.2, -0.15) is 0 Å². The van der Waals surface area contributed by atoms with E-state index in [-0.39, 0.29) is 18.6 Å². The second kappa shape index (κ2) is 8.84. The Balaban J connectivity index is 1.55. The van der Waals surface area contributed by atoms with Crippen molar-refractivity contribution in [2.75, 3.05) is 13.7 Å². The first-order valence-corrected chi connectivity index (χ1v) is 9.92. The van der Waals surface area contributed by atoms with Crippen LogP contribution in [0.4, 0.5) is 0 Å². The van der Waals surface area contributed by atoms with Crippen molar-refractivity contribution in [1.82, 2.24) is 10.3 Å². The molecule has 152 valence electrons. The third kappa shape index (κ3) is 4.07. The number of nitrogens with one attached hydrogen (secondary N) is 2. The topological polar surface area (TPSA) is 74.4 Å². The van der Waals surface area contributed by atoms with Crippen LogP contribution in [0.1, 0.15) is 28.5 Å². The molecule has 0 bridgehead atoms. The minimum Gasteiger partial charge on any atom is -0.496 e. The van der Waals surface area contributed by atoms with E-state index in [2.05, 4.69) is 22.4 Å². The van der Waals surface area contributed by atoms with Crippen LogP contribution < -0.4 is 10.1 Å². The average molecular weight is 400 g/mol. The molecule has 0 spiro atoms. The number of aromatic amines is 1. The van der Waals surface area contributed by atoms with E-state index in [1.165, 1.54) is 0 Å². The summed E-state index contributed by atoms with van der Waals surface area (Å²) in [6.07, 6.45) is 0.431.